The van der Waals surface area contributed by atoms with Crippen LogP contribution in [0.25, 0.3) is 11.1 Å². The molecule has 1 aliphatic carbocycles. The van der Waals surface area contributed by atoms with Crippen LogP contribution < -0.4 is 4.74 Å². The first-order chi connectivity index (χ1) is 16.8. The van der Waals surface area contributed by atoms with Crippen LogP contribution in [-0.4, -0.2) is 5.78 Å². The minimum atomic E-state index is 0.202. The van der Waals surface area contributed by atoms with Crippen LogP contribution in [0.4, 0.5) is 0 Å². The van der Waals surface area contributed by atoms with E-state index < -0.39 is 0 Å². The first-order valence-electron chi connectivity index (χ1n) is 13.2. The molecule has 0 fully saturated rings. The molecule has 4 rings (SSSR count). The molecule has 0 aliphatic heterocycles. The Hall–Kier alpha value is -2.87. The molecule has 0 bridgehead atoms. The van der Waals surface area contributed by atoms with Gasteiger partial charge >= 0.3 is 0 Å². The fraction of sp³-hybridized carbons (Fsp3) is 0.406. The Morgan fingerprint density at radius 2 is 1.53 bits per heavy atom. The minimum absolute atomic E-state index is 0.202. The summed E-state index contributed by atoms with van der Waals surface area (Å²) in [6.07, 6.45) is 12.1. The molecule has 0 N–H and O–H groups in total. The zero-order valence-electron chi connectivity index (χ0n) is 20.6. The summed E-state index contributed by atoms with van der Waals surface area (Å²) in [5.74, 6) is 1.39. The van der Waals surface area contributed by atoms with Crippen molar-refractivity contribution in [2.45, 2.75) is 77.7 Å². The van der Waals surface area contributed by atoms with Gasteiger partial charge in [0.1, 0.15) is 12.4 Å². The van der Waals surface area contributed by atoms with E-state index in [4.69, 9.17) is 4.74 Å². The summed E-state index contributed by atoms with van der Waals surface area (Å²) in [6.45, 7) is 2.77. The molecule has 0 amide bonds. The third-order valence-electron chi connectivity index (χ3n) is 7.13. The first-order valence-corrected chi connectivity index (χ1v) is 13.2. The maximum Gasteiger partial charge on any atom is 0.166 e. The first kappa shape index (κ1) is 24.3. The fourth-order valence-corrected chi connectivity index (χ4v) is 5.12. The van der Waals surface area contributed by atoms with Crippen LogP contribution in [-0.2, 0) is 13.0 Å². The van der Waals surface area contributed by atoms with Gasteiger partial charge in [-0.2, -0.15) is 0 Å². The second-order valence-electron chi connectivity index (χ2n) is 9.64. The lowest BCUT2D eigenvalue weighted by Crippen LogP contribution is -2.22. The number of ether oxygens (including phenoxy) is 1. The molecule has 1 unspecified atom stereocenters. The van der Waals surface area contributed by atoms with Gasteiger partial charge in [0, 0.05) is 11.5 Å². The van der Waals surface area contributed by atoms with E-state index in [2.05, 4.69) is 61.5 Å². The maximum absolute atomic E-state index is 13.1. The van der Waals surface area contributed by atoms with E-state index in [0.717, 1.165) is 41.7 Å². The highest BCUT2D eigenvalue weighted by Gasteiger charge is 2.27. The number of carbonyl (C=O) groups excluding carboxylic acids is 1. The smallest absolute Gasteiger partial charge is 0.166 e. The van der Waals surface area contributed by atoms with E-state index in [0.29, 0.717) is 12.4 Å². The Bertz CT molecular complexity index is 1050. The third-order valence-corrected chi connectivity index (χ3v) is 7.13. The summed E-state index contributed by atoms with van der Waals surface area (Å²) in [6, 6.07) is 24.9. The van der Waals surface area contributed by atoms with Crippen molar-refractivity contribution in [2.24, 2.45) is 5.92 Å². The third kappa shape index (κ3) is 6.38. The highest BCUT2D eigenvalue weighted by Crippen LogP contribution is 2.32. The van der Waals surface area contributed by atoms with E-state index >= 15 is 0 Å². The molecule has 0 aromatic heterocycles. The number of aryl methyl sites for hydroxylation is 1. The number of rotatable bonds is 12. The van der Waals surface area contributed by atoms with E-state index in [-0.39, 0.29) is 5.92 Å². The lowest BCUT2D eigenvalue weighted by Gasteiger charge is -2.24. The average molecular weight is 455 g/mol. The molecule has 0 heterocycles. The van der Waals surface area contributed by atoms with Crippen molar-refractivity contribution < 1.29 is 9.53 Å². The number of hydrogen-bond donors (Lipinski definition) is 0. The molecule has 34 heavy (non-hydrogen) atoms. The molecule has 0 radical (unpaired) electrons. The number of unbranched alkanes of at least 4 members (excludes halogenated alkanes) is 6. The normalized spacial score (nSPS) is 15.2. The standard InChI is InChI=1S/C32H38O2/c1-2-3-4-5-6-7-9-16-26-19-20-27-23-29(21-22-31(27)32(26)33)34-24-28-17-12-13-18-30(28)25-14-10-8-11-15-25/h8,10-15,17-18,21-23,26H,2-7,9,16,19-20,24H2,1H3. The molecule has 2 heteroatoms. The molecule has 0 spiro atoms. The Kier molecular flexibility index (Phi) is 8.96. The number of carbonyl (C=O) groups is 1. The van der Waals surface area contributed by atoms with Crippen molar-refractivity contribution in [1.82, 2.24) is 0 Å². The lowest BCUT2D eigenvalue weighted by atomic mass is 9.80. The number of Topliss-reactive ketones (excluding diaryl/α,β-unsaturated/α-hetero) is 1. The quantitative estimate of drug-likeness (QED) is 0.256. The Morgan fingerprint density at radius 3 is 2.35 bits per heavy atom. The van der Waals surface area contributed by atoms with Gasteiger partial charge in [0.05, 0.1) is 0 Å². The number of fused-ring (bicyclic) bond motifs is 1. The van der Waals surface area contributed by atoms with Crippen LogP contribution in [0, 0.1) is 5.92 Å². The Labute approximate surface area is 205 Å². The van der Waals surface area contributed by atoms with Gasteiger partial charge in [-0.1, -0.05) is 106 Å². The number of benzene rings is 3. The Morgan fingerprint density at radius 1 is 0.794 bits per heavy atom. The number of hydrogen-bond acceptors (Lipinski definition) is 2. The van der Waals surface area contributed by atoms with Gasteiger partial charge in [0.2, 0.25) is 0 Å². The predicted molar refractivity (Wildman–Crippen MR) is 141 cm³/mol. The monoisotopic (exact) mass is 454 g/mol. The molecule has 0 saturated heterocycles. The van der Waals surface area contributed by atoms with Gasteiger partial charge in [-0.05, 0) is 59.7 Å². The molecular formula is C32H38O2. The van der Waals surface area contributed by atoms with Crippen molar-refractivity contribution in [3.8, 4) is 16.9 Å². The molecular weight excluding hydrogens is 416 g/mol. The van der Waals surface area contributed by atoms with Crippen LogP contribution in [0.2, 0.25) is 0 Å². The van der Waals surface area contributed by atoms with Crippen molar-refractivity contribution >= 4 is 5.78 Å². The SMILES string of the molecule is CCCCCCCCCC1CCc2cc(OCc3ccccc3-c3ccccc3)ccc2C1=O. The van der Waals surface area contributed by atoms with Crippen LogP contribution in [0.1, 0.15) is 86.2 Å². The molecule has 1 atom stereocenters. The largest absolute Gasteiger partial charge is 0.489 e. The summed E-state index contributed by atoms with van der Waals surface area (Å²) in [5.41, 5.74) is 5.62. The van der Waals surface area contributed by atoms with Crippen molar-refractivity contribution in [2.75, 3.05) is 0 Å². The van der Waals surface area contributed by atoms with E-state index in [9.17, 15) is 4.79 Å². The topological polar surface area (TPSA) is 26.3 Å². The summed E-state index contributed by atoms with van der Waals surface area (Å²) in [7, 11) is 0. The van der Waals surface area contributed by atoms with Gasteiger partial charge < -0.3 is 4.74 Å². The van der Waals surface area contributed by atoms with E-state index in [1.54, 1.807) is 0 Å². The van der Waals surface area contributed by atoms with Crippen molar-refractivity contribution in [3.63, 3.8) is 0 Å². The molecule has 3 aromatic rings. The zero-order chi connectivity index (χ0) is 23.6. The van der Waals surface area contributed by atoms with Crippen LogP contribution in [0.3, 0.4) is 0 Å². The van der Waals surface area contributed by atoms with Gasteiger partial charge in [0.15, 0.2) is 5.78 Å². The van der Waals surface area contributed by atoms with Crippen LogP contribution >= 0.6 is 0 Å². The van der Waals surface area contributed by atoms with Crippen LogP contribution in [0.5, 0.6) is 5.75 Å². The summed E-state index contributed by atoms with van der Waals surface area (Å²) < 4.78 is 6.19. The van der Waals surface area contributed by atoms with Gasteiger partial charge in [-0.15, -0.1) is 0 Å². The van der Waals surface area contributed by atoms with Gasteiger partial charge in [0.25, 0.3) is 0 Å². The molecule has 1 aliphatic rings. The Balaban J connectivity index is 1.32. The summed E-state index contributed by atoms with van der Waals surface area (Å²) >= 11 is 0. The predicted octanol–water partition coefficient (Wildman–Crippen LogP) is 8.82. The molecule has 3 aromatic carbocycles. The molecule has 0 saturated carbocycles. The summed E-state index contributed by atoms with van der Waals surface area (Å²) in [5, 5.41) is 0. The van der Waals surface area contributed by atoms with E-state index in [1.807, 2.05) is 18.2 Å². The lowest BCUT2D eigenvalue weighted by molar-refractivity contribution is 0.0892. The van der Waals surface area contributed by atoms with E-state index in [1.165, 1.54) is 56.1 Å². The molecule has 178 valence electrons. The maximum atomic E-state index is 13.1. The highest BCUT2D eigenvalue weighted by atomic mass is 16.5. The minimum Gasteiger partial charge on any atom is -0.489 e. The van der Waals surface area contributed by atoms with Crippen molar-refractivity contribution in [1.29, 1.82) is 0 Å². The second-order valence-corrected chi connectivity index (χ2v) is 9.64. The zero-order valence-corrected chi connectivity index (χ0v) is 20.6. The van der Waals surface area contributed by atoms with Crippen LogP contribution in [0.15, 0.2) is 72.8 Å². The fourth-order valence-electron chi connectivity index (χ4n) is 5.12. The van der Waals surface area contributed by atoms with Gasteiger partial charge in [-0.25, -0.2) is 0 Å². The number of ketones is 1. The van der Waals surface area contributed by atoms with Gasteiger partial charge in [-0.3, -0.25) is 4.79 Å². The highest BCUT2D eigenvalue weighted by molar-refractivity contribution is 6.00. The molecule has 2 nitrogen and oxygen atoms in total. The summed E-state index contributed by atoms with van der Waals surface area (Å²) in [4.78, 5) is 13.1. The average Bonchev–Trinajstić information content (AvgIpc) is 2.89. The second kappa shape index (κ2) is 12.6. The van der Waals surface area contributed by atoms with Crippen molar-refractivity contribution in [3.05, 3.63) is 89.5 Å².